The van der Waals surface area contributed by atoms with Crippen LogP contribution in [0.3, 0.4) is 0 Å². The third-order valence-corrected chi connectivity index (χ3v) is 1.84. The molecular weight excluding hydrogens is 166 g/mol. The highest BCUT2D eigenvalue weighted by molar-refractivity contribution is 5.21. The molecule has 0 aromatic carbocycles. The second-order valence-corrected chi connectivity index (χ2v) is 2.70. The van der Waals surface area contributed by atoms with Crippen LogP contribution in [0.25, 0.3) is 0 Å². The fourth-order valence-corrected chi connectivity index (χ4v) is 1.14. The molecule has 1 unspecified atom stereocenters. The summed E-state index contributed by atoms with van der Waals surface area (Å²) in [5.74, 6) is 0. The normalized spacial score (nSPS) is 12.7. The van der Waals surface area contributed by atoms with Crippen molar-refractivity contribution in [1.29, 1.82) is 0 Å². The van der Waals surface area contributed by atoms with E-state index in [4.69, 9.17) is 0 Å². The molecule has 0 spiro atoms. The lowest BCUT2D eigenvalue weighted by molar-refractivity contribution is 0.215. The molecule has 4 heteroatoms. The Labute approximate surface area is 75.3 Å². The standard InChI is InChI=1S/C9H9N3O/c13-9(8-3-6-11-12-8)7-1-4-10-5-2-7/h1-6,9,13H,(H,11,12). The van der Waals surface area contributed by atoms with Crippen LogP contribution >= 0.6 is 0 Å². The third kappa shape index (κ3) is 1.57. The molecule has 0 saturated heterocycles. The average molecular weight is 175 g/mol. The molecule has 0 saturated carbocycles. The minimum Gasteiger partial charge on any atom is -0.382 e. The third-order valence-electron chi connectivity index (χ3n) is 1.84. The molecule has 2 aromatic rings. The lowest BCUT2D eigenvalue weighted by atomic mass is 10.1. The predicted molar refractivity (Wildman–Crippen MR) is 46.9 cm³/mol. The number of nitrogens with zero attached hydrogens (tertiary/aromatic N) is 2. The zero-order valence-corrected chi connectivity index (χ0v) is 6.88. The number of hydrogen-bond acceptors (Lipinski definition) is 3. The second-order valence-electron chi connectivity index (χ2n) is 2.70. The van der Waals surface area contributed by atoms with E-state index in [0.29, 0.717) is 5.69 Å². The molecule has 0 radical (unpaired) electrons. The minimum absolute atomic E-state index is 0.648. The van der Waals surface area contributed by atoms with Gasteiger partial charge in [0.15, 0.2) is 0 Å². The van der Waals surface area contributed by atoms with Gasteiger partial charge in [0.1, 0.15) is 6.10 Å². The number of H-pyrrole nitrogens is 1. The Balaban J connectivity index is 2.29. The van der Waals surface area contributed by atoms with E-state index in [1.54, 1.807) is 36.8 Å². The van der Waals surface area contributed by atoms with Crippen LogP contribution in [-0.4, -0.2) is 20.3 Å². The topological polar surface area (TPSA) is 61.8 Å². The van der Waals surface area contributed by atoms with Gasteiger partial charge in [-0.15, -0.1) is 0 Å². The molecule has 2 N–H and O–H groups in total. The summed E-state index contributed by atoms with van der Waals surface area (Å²) in [7, 11) is 0. The van der Waals surface area contributed by atoms with Crippen molar-refractivity contribution in [3.8, 4) is 0 Å². The Bertz CT molecular complexity index is 358. The maximum atomic E-state index is 9.78. The molecule has 2 aromatic heterocycles. The van der Waals surface area contributed by atoms with E-state index in [1.807, 2.05) is 0 Å². The zero-order valence-electron chi connectivity index (χ0n) is 6.88. The number of pyridine rings is 1. The number of rotatable bonds is 2. The quantitative estimate of drug-likeness (QED) is 0.712. The van der Waals surface area contributed by atoms with Crippen molar-refractivity contribution < 1.29 is 5.11 Å². The van der Waals surface area contributed by atoms with Crippen LogP contribution in [0.2, 0.25) is 0 Å². The van der Waals surface area contributed by atoms with Crippen molar-refractivity contribution in [1.82, 2.24) is 15.2 Å². The van der Waals surface area contributed by atoms with E-state index in [0.717, 1.165) is 5.56 Å². The predicted octanol–water partition coefficient (Wildman–Crippen LogP) is 0.886. The number of aromatic amines is 1. The molecular formula is C9H9N3O. The Morgan fingerprint density at radius 3 is 2.54 bits per heavy atom. The maximum absolute atomic E-state index is 9.78. The number of aliphatic hydroxyl groups excluding tert-OH is 1. The van der Waals surface area contributed by atoms with Crippen LogP contribution < -0.4 is 0 Å². The van der Waals surface area contributed by atoms with Gasteiger partial charge in [0.2, 0.25) is 0 Å². The fraction of sp³-hybridized carbons (Fsp3) is 0.111. The Morgan fingerprint density at radius 1 is 1.15 bits per heavy atom. The highest BCUT2D eigenvalue weighted by atomic mass is 16.3. The second kappa shape index (κ2) is 3.37. The van der Waals surface area contributed by atoms with Gasteiger partial charge in [-0.05, 0) is 23.8 Å². The van der Waals surface area contributed by atoms with Crippen molar-refractivity contribution in [2.75, 3.05) is 0 Å². The van der Waals surface area contributed by atoms with E-state index < -0.39 is 6.10 Å². The van der Waals surface area contributed by atoms with Crippen molar-refractivity contribution in [2.45, 2.75) is 6.10 Å². The van der Waals surface area contributed by atoms with Crippen molar-refractivity contribution >= 4 is 0 Å². The van der Waals surface area contributed by atoms with Crippen molar-refractivity contribution in [3.63, 3.8) is 0 Å². The molecule has 66 valence electrons. The molecule has 1 atom stereocenters. The number of aromatic nitrogens is 3. The van der Waals surface area contributed by atoms with Crippen molar-refractivity contribution in [3.05, 3.63) is 48.0 Å². The SMILES string of the molecule is OC(c1ccncc1)c1ccn[nH]1. The fourth-order valence-electron chi connectivity index (χ4n) is 1.14. The van der Waals surface area contributed by atoms with Crippen molar-refractivity contribution in [2.24, 2.45) is 0 Å². The maximum Gasteiger partial charge on any atom is 0.120 e. The molecule has 13 heavy (non-hydrogen) atoms. The molecule has 4 nitrogen and oxygen atoms in total. The molecule has 0 fully saturated rings. The molecule has 0 amide bonds. The lowest BCUT2D eigenvalue weighted by Crippen LogP contribution is -1.99. The average Bonchev–Trinajstić information content (AvgIpc) is 2.71. The summed E-state index contributed by atoms with van der Waals surface area (Å²) < 4.78 is 0. The molecule has 0 aliphatic rings. The van der Waals surface area contributed by atoms with Gasteiger partial charge in [-0.25, -0.2) is 0 Å². The van der Waals surface area contributed by atoms with Gasteiger partial charge in [-0.3, -0.25) is 10.1 Å². The first-order chi connectivity index (χ1) is 6.38. The molecule has 2 heterocycles. The van der Waals surface area contributed by atoms with Crippen LogP contribution in [0.1, 0.15) is 17.4 Å². The summed E-state index contributed by atoms with van der Waals surface area (Å²) >= 11 is 0. The Kier molecular flexibility index (Phi) is 2.06. The highest BCUT2D eigenvalue weighted by Gasteiger charge is 2.10. The summed E-state index contributed by atoms with van der Waals surface area (Å²) in [6, 6.07) is 5.28. The van der Waals surface area contributed by atoms with Crippen LogP contribution in [0.5, 0.6) is 0 Å². The van der Waals surface area contributed by atoms with E-state index in [-0.39, 0.29) is 0 Å². The van der Waals surface area contributed by atoms with Gasteiger partial charge < -0.3 is 5.11 Å². The first kappa shape index (κ1) is 7.94. The van der Waals surface area contributed by atoms with E-state index in [1.165, 1.54) is 0 Å². The number of aliphatic hydroxyl groups is 1. The smallest absolute Gasteiger partial charge is 0.120 e. The van der Waals surface area contributed by atoms with E-state index >= 15 is 0 Å². The summed E-state index contributed by atoms with van der Waals surface area (Å²) in [6.07, 6.45) is 4.26. The first-order valence-electron chi connectivity index (χ1n) is 3.95. The van der Waals surface area contributed by atoms with E-state index in [2.05, 4.69) is 15.2 Å². The summed E-state index contributed by atoms with van der Waals surface area (Å²) in [5, 5.41) is 16.3. The molecule has 0 aliphatic heterocycles. The van der Waals surface area contributed by atoms with Crippen LogP contribution in [0.15, 0.2) is 36.8 Å². The van der Waals surface area contributed by atoms with E-state index in [9.17, 15) is 5.11 Å². The largest absolute Gasteiger partial charge is 0.382 e. The molecule has 2 rings (SSSR count). The van der Waals surface area contributed by atoms with Gasteiger partial charge in [0.05, 0.1) is 5.69 Å². The number of nitrogens with one attached hydrogen (secondary N) is 1. The number of hydrogen-bond donors (Lipinski definition) is 2. The summed E-state index contributed by atoms with van der Waals surface area (Å²) in [4.78, 5) is 3.87. The zero-order chi connectivity index (χ0) is 9.10. The Hall–Kier alpha value is -1.68. The Morgan fingerprint density at radius 2 is 1.92 bits per heavy atom. The minimum atomic E-state index is -0.648. The summed E-state index contributed by atoms with van der Waals surface area (Å²) in [6.45, 7) is 0. The lowest BCUT2D eigenvalue weighted by Gasteiger charge is -2.06. The van der Waals surface area contributed by atoms with Crippen LogP contribution in [-0.2, 0) is 0 Å². The van der Waals surface area contributed by atoms with Gasteiger partial charge in [-0.2, -0.15) is 5.10 Å². The molecule has 0 bridgehead atoms. The van der Waals surface area contributed by atoms with Crippen LogP contribution in [0, 0.1) is 0 Å². The highest BCUT2D eigenvalue weighted by Crippen LogP contribution is 2.17. The van der Waals surface area contributed by atoms with Gasteiger partial charge in [-0.1, -0.05) is 0 Å². The monoisotopic (exact) mass is 175 g/mol. The van der Waals surface area contributed by atoms with Gasteiger partial charge >= 0.3 is 0 Å². The van der Waals surface area contributed by atoms with Crippen LogP contribution in [0.4, 0.5) is 0 Å². The summed E-state index contributed by atoms with van der Waals surface area (Å²) in [5.41, 5.74) is 1.49. The van der Waals surface area contributed by atoms with Gasteiger partial charge in [0.25, 0.3) is 0 Å². The van der Waals surface area contributed by atoms with Gasteiger partial charge in [0, 0.05) is 18.6 Å². The molecule has 0 aliphatic carbocycles. The first-order valence-corrected chi connectivity index (χ1v) is 3.95.